The molecule has 1 saturated heterocycles. The molecule has 3 aromatic carbocycles. The lowest BCUT2D eigenvalue weighted by molar-refractivity contribution is -0.127. The van der Waals surface area contributed by atoms with Crippen molar-refractivity contribution in [2.75, 3.05) is 11.9 Å². The van der Waals surface area contributed by atoms with E-state index in [-0.39, 0.29) is 18.1 Å². The highest BCUT2D eigenvalue weighted by Gasteiger charge is 2.35. The molecule has 5 rings (SSSR count). The van der Waals surface area contributed by atoms with Gasteiger partial charge in [-0.05, 0) is 80.9 Å². The number of aromatic nitrogens is 1. The Balaban J connectivity index is 1.27. The maximum absolute atomic E-state index is 13.9. The van der Waals surface area contributed by atoms with E-state index in [2.05, 4.69) is 10.6 Å². The lowest BCUT2D eigenvalue weighted by Gasteiger charge is -2.12. The van der Waals surface area contributed by atoms with E-state index in [1.165, 1.54) is 6.07 Å². The van der Waals surface area contributed by atoms with E-state index in [0.717, 1.165) is 33.1 Å². The maximum Gasteiger partial charge on any atom is 0.329 e. The van der Waals surface area contributed by atoms with Gasteiger partial charge in [-0.2, -0.15) is 0 Å². The van der Waals surface area contributed by atoms with Crippen LogP contribution in [-0.4, -0.2) is 33.9 Å². The molecule has 41 heavy (non-hydrogen) atoms. The van der Waals surface area contributed by atoms with Crippen LogP contribution >= 0.6 is 0 Å². The summed E-state index contributed by atoms with van der Waals surface area (Å²) in [5.74, 6) is -0.754. The minimum Gasteiger partial charge on any atom is -0.489 e. The highest BCUT2D eigenvalue weighted by molar-refractivity contribution is 6.16. The molecule has 1 aliphatic rings. The van der Waals surface area contributed by atoms with E-state index in [9.17, 15) is 18.8 Å². The molecule has 2 N–H and O–H groups in total. The van der Waals surface area contributed by atoms with E-state index < -0.39 is 24.4 Å². The predicted octanol–water partition coefficient (Wildman–Crippen LogP) is 5.65. The van der Waals surface area contributed by atoms with Gasteiger partial charge in [0.25, 0.3) is 5.91 Å². The fraction of sp³-hybridized carbons (Fsp3) is 0.156. The molecule has 208 valence electrons. The number of nitrogens with one attached hydrogen (secondary N) is 2. The number of ether oxygens (including phenoxy) is 1. The van der Waals surface area contributed by atoms with Gasteiger partial charge in [-0.1, -0.05) is 35.9 Å². The highest BCUT2D eigenvalue weighted by atomic mass is 19.1. The first kappa shape index (κ1) is 27.4. The number of carbonyl (C=O) groups is 3. The van der Waals surface area contributed by atoms with Crippen molar-refractivity contribution in [1.82, 2.24) is 14.8 Å². The molecule has 8 nitrogen and oxygen atoms in total. The van der Waals surface area contributed by atoms with Crippen LogP contribution in [0.4, 0.5) is 14.9 Å². The third kappa shape index (κ3) is 6.04. The van der Waals surface area contributed by atoms with E-state index >= 15 is 0 Å². The van der Waals surface area contributed by atoms with Gasteiger partial charge < -0.3 is 19.9 Å². The second-order valence-electron chi connectivity index (χ2n) is 9.83. The lowest BCUT2D eigenvalue weighted by atomic mass is 10.2. The zero-order valence-corrected chi connectivity index (χ0v) is 22.9. The van der Waals surface area contributed by atoms with Crippen LogP contribution < -0.4 is 15.4 Å². The fourth-order valence-electron chi connectivity index (χ4n) is 4.65. The first-order valence-electron chi connectivity index (χ1n) is 13.1. The van der Waals surface area contributed by atoms with E-state index in [1.54, 1.807) is 36.4 Å². The Bertz CT molecular complexity index is 1660. The molecule has 1 fully saturated rings. The maximum atomic E-state index is 13.9. The molecule has 4 amide bonds. The summed E-state index contributed by atoms with van der Waals surface area (Å²) in [6.07, 6.45) is 1.61. The van der Waals surface area contributed by atoms with E-state index in [1.807, 2.05) is 67.8 Å². The number of nitrogens with zero attached hydrogens (tertiary/aromatic N) is 2. The number of halogens is 1. The molecule has 2 heterocycles. The molecule has 0 atom stereocenters. The second-order valence-corrected chi connectivity index (χ2v) is 9.83. The Morgan fingerprint density at radius 3 is 2.39 bits per heavy atom. The third-order valence-corrected chi connectivity index (χ3v) is 6.82. The summed E-state index contributed by atoms with van der Waals surface area (Å²) in [4.78, 5) is 38.9. The van der Waals surface area contributed by atoms with Gasteiger partial charge >= 0.3 is 6.03 Å². The van der Waals surface area contributed by atoms with E-state index in [4.69, 9.17) is 4.74 Å². The second kappa shape index (κ2) is 11.5. The molecule has 0 spiro atoms. The number of benzene rings is 3. The highest BCUT2D eigenvalue weighted by Crippen LogP contribution is 2.26. The molecule has 0 saturated carbocycles. The van der Waals surface area contributed by atoms with Gasteiger partial charge in [0, 0.05) is 28.3 Å². The van der Waals surface area contributed by atoms with Crippen molar-refractivity contribution < 1.29 is 23.5 Å². The van der Waals surface area contributed by atoms with Crippen molar-refractivity contribution in [2.45, 2.75) is 27.4 Å². The molecule has 0 aliphatic carbocycles. The van der Waals surface area contributed by atoms with Crippen LogP contribution in [0.1, 0.15) is 28.1 Å². The summed E-state index contributed by atoms with van der Waals surface area (Å²) in [5.41, 5.74) is 5.60. The summed E-state index contributed by atoms with van der Waals surface area (Å²) in [5, 5.41) is 5.28. The monoisotopic (exact) mass is 552 g/mol. The number of anilines is 1. The summed E-state index contributed by atoms with van der Waals surface area (Å²) in [6, 6.07) is 22.4. The average Bonchev–Trinajstić information content (AvgIpc) is 3.38. The van der Waals surface area contributed by atoms with Crippen LogP contribution in [0.25, 0.3) is 11.8 Å². The Hall–Kier alpha value is -5.18. The zero-order valence-electron chi connectivity index (χ0n) is 22.9. The number of hydrogen-bond acceptors (Lipinski definition) is 4. The fourth-order valence-corrected chi connectivity index (χ4v) is 4.65. The van der Waals surface area contributed by atoms with Gasteiger partial charge in [0.05, 0.1) is 0 Å². The molecule has 1 aromatic heterocycles. The SMILES string of the molecule is Cc1ccc(NC(=O)CN2C(=O)N/C(=C/c3cc(C)n(-c4ccc(OCc5ccccc5F)cc4)c3C)C2=O)cc1. The van der Waals surface area contributed by atoms with E-state index in [0.29, 0.717) is 17.0 Å². The normalized spacial score (nSPS) is 14.0. The van der Waals surface area contributed by atoms with Crippen LogP contribution in [0.5, 0.6) is 5.75 Å². The lowest BCUT2D eigenvalue weighted by Crippen LogP contribution is -2.38. The van der Waals surface area contributed by atoms with Crippen molar-refractivity contribution in [3.63, 3.8) is 0 Å². The van der Waals surface area contributed by atoms with Gasteiger partial charge in [-0.15, -0.1) is 0 Å². The number of rotatable bonds is 8. The van der Waals surface area contributed by atoms with Gasteiger partial charge in [-0.3, -0.25) is 9.59 Å². The molecule has 1 aliphatic heterocycles. The summed E-state index contributed by atoms with van der Waals surface area (Å²) >= 11 is 0. The largest absolute Gasteiger partial charge is 0.489 e. The smallest absolute Gasteiger partial charge is 0.329 e. The van der Waals surface area contributed by atoms with Crippen molar-refractivity contribution in [2.24, 2.45) is 0 Å². The third-order valence-electron chi connectivity index (χ3n) is 6.82. The Morgan fingerprint density at radius 2 is 1.68 bits per heavy atom. The summed E-state index contributed by atoms with van der Waals surface area (Å²) in [7, 11) is 0. The Kier molecular flexibility index (Phi) is 7.69. The molecule has 4 aromatic rings. The van der Waals surface area contributed by atoms with Crippen molar-refractivity contribution in [3.05, 3.63) is 118 Å². The minimum absolute atomic E-state index is 0.0929. The number of urea groups is 1. The molecule has 0 unspecified atom stereocenters. The van der Waals surface area contributed by atoms with Gasteiger partial charge in [0.1, 0.15) is 30.4 Å². The van der Waals surface area contributed by atoms with Gasteiger partial charge in [0.15, 0.2) is 0 Å². The molecular weight excluding hydrogens is 523 g/mol. The van der Waals surface area contributed by atoms with Crippen molar-refractivity contribution >= 4 is 29.6 Å². The van der Waals surface area contributed by atoms with Crippen LogP contribution in [0.15, 0.2) is 84.6 Å². The van der Waals surface area contributed by atoms with Crippen LogP contribution in [-0.2, 0) is 16.2 Å². The Labute approximate surface area is 237 Å². The summed E-state index contributed by atoms with van der Waals surface area (Å²) in [6.45, 7) is 5.51. The molecule has 0 radical (unpaired) electrons. The minimum atomic E-state index is -0.653. The molecule has 0 bridgehead atoms. The number of imide groups is 1. The van der Waals surface area contributed by atoms with Crippen molar-refractivity contribution in [1.29, 1.82) is 0 Å². The topological polar surface area (TPSA) is 92.7 Å². The first-order chi connectivity index (χ1) is 19.7. The summed E-state index contributed by atoms with van der Waals surface area (Å²) < 4.78 is 21.6. The number of carbonyl (C=O) groups excluding carboxylic acids is 3. The number of hydrogen-bond donors (Lipinski definition) is 2. The van der Waals surface area contributed by atoms with Crippen LogP contribution in [0, 0.1) is 26.6 Å². The average molecular weight is 553 g/mol. The zero-order chi connectivity index (χ0) is 29.1. The van der Waals surface area contributed by atoms with Crippen LogP contribution in [0.2, 0.25) is 0 Å². The first-order valence-corrected chi connectivity index (χ1v) is 13.1. The van der Waals surface area contributed by atoms with Crippen molar-refractivity contribution in [3.8, 4) is 11.4 Å². The van der Waals surface area contributed by atoms with Gasteiger partial charge in [-0.25, -0.2) is 14.1 Å². The van der Waals surface area contributed by atoms with Gasteiger partial charge in [0.2, 0.25) is 5.91 Å². The quantitative estimate of drug-likeness (QED) is 0.218. The molecule has 9 heteroatoms. The predicted molar refractivity (Wildman–Crippen MR) is 154 cm³/mol. The van der Waals surface area contributed by atoms with Crippen LogP contribution in [0.3, 0.4) is 0 Å². The Morgan fingerprint density at radius 1 is 0.976 bits per heavy atom. The standard InChI is InChI=1S/C32H29FN4O4/c1-20-8-10-25(11-9-20)34-30(38)18-36-31(39)29(35-32(36)40)17-24-16-21(2)37(22(24)3)26-12-14-27(15-13-26)41-19-23-6-4-5-7-28(23)33/h4-17H,18-19H2,1-3H3,(H,34,38)(H,35,40)/b29-17+. The number of aryl methyl sites for hydroxylation is 2. The molecular formula is C32H29FN4O4. The number of amides is 4.